The van der Waals surface area contributed by atoms with Gasteiger partial charge in [0, 0.05) is 26.9 Å². The summed E-state index contributed by atoms with van der Waals surface area (Å²) in [6.45, 7) is 1.26. The Kier molecular flexibility index (Phi) is 7.02. The molecule has 4 aromatic carbocycles. The molecule has 2 aliphatic rings. The number of carbonyl (C=O) groups is 2. The minimum Gasteiger partial charge on any atom is -0.493 e. The summed E-state index contributed by atoms with van der Waals surface area (Å²) in [5.41, 5.74) is 7.00. The molecule has 0 bridgehead atoms. The summed E-state index contributed by atoms with van der Waals surface area (Å²) < 4.78 is 18.3. The molecule has 0 saturated heterocycles. The summed E-state index contributed by atoms with van der Waals surface area (Å²) in [4.78, 5) is 31.6. The molecule has 8 nitrogen and oxygen atoms in total. The molecular weight excluding hydrogens is 624 g/mol. The number of nitrogens with zero attached hydrogens (tertiary/aromatic N) is 2. The zero-order valence-electron chi connectivity index (χ0n) is 23.5. The van der Waals surface area contributed by atoms with Gasteiger partial charge in [0.05, 0.1) is 30.6 Å². The van der Waals surface area contributed by atoms with E-state index in [0.717, 1.165) is 38.0 Å². The van der Waals surface area contributed by atoms with Gasteiger partial charge in [-0.05, 0) is 77.4 Å². The lowest BCUT2D eigenvalue weighted by Gasteiger charge is -2.22. The van der Waals surface area contributed by atoms with Gasteiger partial charge in [-0.1, -0.05) is 46.3 Å². The lowest BCUT2D eigenvalue weighted by Crippen LogP contribution is -2.23. The molecule has 218 valence electrons. The highest BCUT2D eigenvalue weighted by molar-refractivity contribution is 9.10. The maximum Gasteiger partial charge on any atom is 0.335 e. The maximum atomic E-state index is 13.4. The minimum atomic E-state index is -1.07. The van der Waals surface area contributed by atoms with Crippen molar-refractivity contribution in [3.8, 4) is 50.9 Å². The van der Waals surface area contributed by atoms with Crippen LogP contribution in [0.2, 0.25) is 0 Å². The van der Waals surface area contributed by atoms with Gasteiger partial charge in [-0.25, -0.2) is 9.78 Å². The Bertz CT molecular complexity index is 1940. The van der Waals surface area contributed by atoms with Crippen LogP contribution in [0.5, 0.6) is 17.2 Å². The van der Waals surface area contributed by atoms with E-state index in [2.05, 4.69) is 15.9 Å². The van der Waals surface area contributed by atoms with Crippen molar-refractivity contribution >= 4 is 33.5 Å². The normalized spacial score (nSPS) is 13.5. The Morgan fingerprint density at radius 1 is 0.864 bits per heavy atom. The molecule has 0 fully saturated rings. The number of pyridine rings is 1. The van der Waals surface area contributed by atoms with Gasteiger partial charge in [-0.15, -0.1) is 0 Å². The Morgan fingerprint density at radius 3 is 2.39 bits per heavy atom. The molecule has 1 N–H and O–H groups in total. The van der Waals surface area contributed by atoms with Gasteiger partial charge in [-0.2, -0.15) is 0 Å². The number of carbonyl (C=O) groups excluding carboxylic acids is 1. The van der Waals surface area contributed by atoms with E-state index in [4.69, 9.17) is 19.2 Å². The van der Waals surface area contributed by atoms with E-state index in [1.807, 2.05) is 72.8 Å². The lowest BCUT2D eigenvalue weighted by molar-refractivity contribution is 0.0697. The van der Waals surface area contributed by atoms with Crippen molar-refractivity contribution in [2.45, 2.75) is 6.54 Å². The number of carboxylic acid groups (broad SMARTS) is 1. The monoisotopic (exact) mass is 648 g/mol. The van der Waals surface area contributed by atoms with E-state index in [1.54, 1.807) is 18.1 Å². The first kappa shape index (κ1) is 27.7. The molecule has 0 aliphatic carbocycles. The molecule has 44 heavy (non-hydrogen) atoms. The van der Waals surface area contributed by atoms with Crippen LogP contribution in [0.4, 0.5) is 5.69 Å². The third-order valence-corrected chi connectivity index (χ3v) is 8.27. The number of aromatic carboxylic acids is 1. The van der Waals surface area contributed by atoms with Crippen molar-refractivity contribution in [1.29, 1.82) is 0 Å². The zero-order chi connectivity index (χ0) is 30.4. The number of aromatic nitrogens is 1. The summed E-state index contributed by atoms with van der Waals surface area (Å²) >= 11 is 3.52. The average molecular weight is 649 g/mol. The van der Waals surface area contributed by atoms with E-state index < -0.39 is 5.97 Å². The number of benzene rings is 4. The zero-order valence-corrected chi connectivity index (χ0v) is 25.1. The highest BCUT2D eigenvalue weighted by atomic mass is 79.9. The number of hydrogen-bond acceptors (Lipinski definition) is 6. The van der Waals surface area contributed by atoms with Crippen molar-refractivity contribution in [3.63, 3.8) is 0 Å². The van der Waals surface area contributed by atoms with E-state index in [-0.39, 0.29) is 11.5 Å². The number of ether oxygens (including phenoxy) is 3. The summed E-state index contributed by atoms with van der Waals surface area (Å²) in [5, 5.41) is 9.40. The van der Waals surface area contributed by atoms with Crippen LogP contribution in [-0.2, 0) is 6.54 Å². The predicted octanol–water partition coefficient (Wildman–Crippen LogP) is 7.48. The minimum absolute atomic E-state index is 0.0879. The second-order valence-corrected chi connectivity index (χ2v) is 11.4. The third kappa shape index (κ3) is 5.05. The maximum absolute atomic E-state index is 13.4. The van der Waals surface area contributed by atoms with Crippen LogP contribution in [-0.4, -0.2) is 42.3 Å². The molecule has 0 saturated carbocycles. The van der Waals surface area contributed by atoms with Gasteiger partial charge < -0.3 is 24.2 Å². The first-order valence-electron chi connectivity index (χ1n) is 13.9. The van der Waals surface area contributed by atoms with Gasteiger partial charge >= 0.3 is 5.97 Å². The van der Waals surface area contributed by atoms with Crippen molar-refractivity contribution < 1.29 is 28.9 Å². The van der Waals surface area contributed by atoms with Gasteiger partial charge in [-0.3, -0.25) is 4.79 Å². The number of amides is 1. The van der Waals surface area contributed by atoms with Gasteiger partial charge in [0.2, 0.25) is 5.75 Å². The summed E-state index contributed by atoms with van der Waals surface area (Å²) in [6, 6.07) is 28.2. The molecule has 3 heterocycles. The average Bonchev–Trinajstić information content (AvgIpc) is 3.39. The molecule has 0 atom stereocenters. The quantitative estimate of drug-likeness (QED) is 0.204. The van der Waals surface area contributed by atoms with Crippen LogP contribution in [0.3, 0.4) is 0 Å². The highest BCUT2D eigenvalue weighted by Gasteiger charge is 2.29. The molecule has 5 aromatic rings. The van der Waals surface area contributed by atoms with Gasteiger partial charge in [0.1, 0.15) is 13.2 Å². The van der Waals surface area contributed by atoms with Crippen LogP contribution in [0.1, 0.15) is 26.3 Å². The van der Waals surface area contributed by atoms with Crippen LogP contribution < -0.4 is 19.1 Å². The van der Waals surface area contributed by atoms with Gasteiger partial charge in [0.15, 0.2) is 11.5 Å². The van der Waals surface area contributed by atoms with Crippen LogP contribution >= 0.6 is 15.9 Å². The molecule has 0 spiro atoms. The van der Waals surface area contributed by atoms with E-state index in [0.29, 0.717) is 54.0 Å². The molecule has 2 aliphatic heterocycles. The fraction of sp³-hybridized carbons (Fsp3) is 0.114. The molecule has 1 amide bonds. The number of halogens is 1. The highest BCUT2D eigenvalue weighted by Crippen LogP contribution is 2.44. The number of hydrogen-bond donors (Lipinski definition) is 1. The smallest absolute Gasteiger partial charge is 0.335 e. The second-order valence-electron chi connectivity index (χ2n) is 10.5. The molecule has 1 aromatic heterocycles. The Labute approximate surface area is 261 Å². The molecular formula is C35H25BrN2O6. The number of anilines is 1. The number of fused-ring (bicyclic) bond motifs is 2. The first-order chi connectivity index (χ1) is 21.4. The largest absolute Gasteiger partial charge is 0.493 e. The van der Waals surface area contributed by atoms with Gasteiger partial charge in [0.25, 0.3) is 5.91 Å². The van der Waals surface area contributed by atoms with Crippen molar-refractivity contribution in [2.24, 2.45) is 0 Å². The van der Waals surface area contributed by atoms with Crippen LogP contribution in [0.25, 0.3) is 33.6 Å². The molecule has 0 radical (unpaired) electrons. The number of rotatable bonds is 6. The molecule has 0 unspecified atom stereocenters. The summed E-state index contributed by atoms with van der Waals surface area (Å²) in [6.07, 6.45) is 0. The van der Waals surface area contributed by atoms with E-state index >= 15 is 0 Å². The standard InChI is InChI=1S/C35H25BrN2O6/c1-42-31-17-25(18-32-33(31)44-12-11-43-32)24-15-29(20-7-9-26(36)10-8-20)37-30(16-24)21-3-2-4-27(13-21)38-19-23-6-5-22(35(40)41)14-28(23)34(38)39/h2-10,13-18H,11-12,19H2,1H3,(H,40,41). The van der Waals surface area contributed by atoms with Crippen LogP contribution in [0, 0.1) is 0 Å². The SMILES string of the molecule is COc1cc(-c2cc(-c3ccc(Br)cc3)nc(-c3cccc(N4Cc5ccc(C(=O)O)cc5C4=O)c3)c2)cc2c1OCCO2. The van der Waals surface area contributed by atoms with Crippen molar-refractivity contribution in [1.82, 2.24) is 4.98 Å². The third-order valence-electron chi connectivity index (χ3n) is 7.74. The van der Waals surface area contributed by atoms with Crippen LogP contribution in [0.15, 0.2) is 95.5 Å². The first-order valence-corrected chi connectivity index (χ1v) is 14.7. The number of methoxy groups -OCH3 is 1. The second kappa shape index (κ2) is 11.2. The fourth-order valence-electron chi connectivity index (χ4n) is 5.53. The van der Waals surface area contributed by atoms with Crippen molar-refractivity contribution in [3.05, 3.63) is 112 Å². The Morgan fingerprint density at radius 2 is 1.61 bits per heavy atom. The molecule has 9 heteroatoms. The topological polar surface area (TPSA) is 98.2 Å². The number of carboxylic acids is 1. The summed E-state index contributed by atoms with van der Waals surface area (Å²) in [7, 11) is 1.61. The predicted molar refractivity (Wildman–Crippen MR) is 170 cm³/mol. The fourth-order valence-corrected chi connectivity index (χ4v) is 5.79. The lowest BCUT2D eigenvalue weighted by atomic mass is 9.99. The Balaban J connectivity index is 1.32. The van der Waals surface area contributed by atoms with E-state index in [1.165, 1.54) is 12.1 Å². The van der Waals surface area contributed by atoms with E-state index in [9.17, 15) is 14.7 Å². The Hall–Kier alpha value is -5.15. The molecule has 7 rings (SSSR count). The summed E-state index contributed by atoms with van der Waals surface area (Å²) in [5.74, 6) is 0.490. The van der Waals surface area contributed by atoms with Crippen molar-refractivity contribution in [2.75, 3.05) is 25.2 Å².